The first-order valence-corrected chi connectivity index (χ1v) is 6.66. The lowest BCUT2D eigenvalue weighted by Crippen LogP contribution is -2.32. The van der Waals surface area contributed by atoms with Crippen molar-refractivity contribution in [3.05, 3.63) is 23.8 Å². The van der Waals surface area contributed by atoms with Crippen LogP contribution in [0.4, 0.5) is 0 Å². The van der Waals surface area contributed by atoms with Crippen molar-refractivity contribution in [1.29, 1.82) is 0 Å². The topological polar surface area (TPSA) is 67.8 Å². The molecule has 2 N–H and O–H groups in total. The molecule has 112 valence electrons. The van der Waals surface area contributed by atoms with Crippen molar-refractivity contribution in [2.45, 2.75) is 26.4 Å². The summed E-state index contributed by atoms with van der Waals surface area (Å²) in [4.78, 5) is 12.0. The fourth-order valence-corrected chi connectivity index (χ4v) is 1.92. The second-order valence-corrected chi connectivity index (χ2v) is 5.06. The van der Waals surface area contributed by atoms with Gasteiger partial charge in [-0.3, -0.25) is 4.79 Å². The lowest BCUT2D eigenvalue weighted by Gasteiger charge is -2.14. The van der Waals surface area contributed by atoms with Crippen LogP contribution in [0.2, 0.25) is 0 Å². The van der Waals surface area contributed by atoms with Gasteiger partial charge in [0.1, 0.15) is 0 Å². The first kappa shape index (κ1) is 16.3. The molecule has 0 saturated heterocycles. The van der Waals surface area contributed by atoms with Crippen LogP contribution in [0.25, 0.3) is 0 Å². The van der Waals surface area contributed by atoms with E-state index < -0.39 is 6.10 Å². The standard InChI is InChI=1S/C15H23NO4/c1-10(2)7-12(17)9-16-15(18)11-5-6-13(19-3)14(8-11)20-4/h5-6,8,10,12,17H,7,9H2,1-4H3,(H,16,18). The first-order valence-electron chi connectivity index (χ1n) is 6.66. The second-order valence-electron chi connectivity index (χ2n) is 5.06. The summed E-state index contributed by atoms with van der Waals surface area (Å²) >= 11 is 0. The van der Waals surface area contributed by atoms with E-state index in [1.165, 1.54) is 7.11 Å². The Kier molecular flexibility index (Phi) is 6.31. The number of aliphatic hydroxyl groups excluding tert-OH is 1. The predicted molar refractivity (Wildman–Crippen MR) is 77.3 cm³/mol. The Labute approximate surface area is 119 Å². The number of nitrogens with one attached hydrogen (secondary N) is 1. The zero-order valence-electron chi connectivity index (χ0n) is 12.5. The number of aliphatic hydroxyl groups is 1. The van der Waals surface area contributed by atoms with Crippen molar-refractivity contribution < 1.29 is 19.4 Å². The lowest BCUT2D eigenvalue weighted by atomic mass is 10.1. The minimum absolute atomic E-state index is 0.241. The van der Waals surface area contributed by atoms with Gasteiger partial charge < -0.3 is 19.9 Å². The van der Waals surface area contributed by atoms with E-state index in [4.69, 9.17) is 9.47 Å². The maximum absolute atomic E-state index is 12.0. The molecule has 1 rings (SSSR count). The molecule has 0 aromatic heterocycles. The van der Waals surface area contributed by atoms with Gasteiger partial charge in [0.2, 0.25) is 0 Å². The molecule has 0 bridgehead atoms. The van der Waals surface area contributed by atoms with Gasteiger partial charge in [0.05, 0.1) is 20.3 Å². The molecule has 0 fully saturated rings. The van der Waals surface area contributed by atoms with Crippen LogP contribution in [-0.2, 0) is 0 Å². The Morgan fingerprint density at radius 2 is 1.90 bits per heavy atom. The minimum atomic E-state index is -0.529. The molecule has 1 amide bonds. The summed E-state index contributed by atoms with van der Waals surface area (Å²) in [6.45, 7) is 4.30. The molecular weight excluding hydrogens is 258 g/mol. The van der Waals surface area contributed by atoms with Crippen molar-refractivity contribution in [3.8, 4) is 11.5 Å². The third kappa shape index (κ3) is 4.74. The highest BCUT2D eigenvalue weighted by atomic mass is 16.5. The van der Waals surface area contributed by atoms with E-state index in [0.717, 1.165) is 0 Å². The van der Waals surface area contributed by atoms with E-state index in [1.54, 1.807) is 25.3 Å². The van der Waals surface area contributed by atoms with E-state index >= 15 is 0 Å². The summed E-state index contributed by atoms with van der Waals surface area (Å²) in [6, 6.07) is 4.95. The maximum Gasteiger partial charge on any atom is 0.251 e. The van der Waals surface area contributed by atoms with Crippen molar-refractivity contribution >= 4 is 5.91 Å². The SMILES string of the molecule is COc1ccc(C(=O)NCC(O)CC(C)C)cc1OC. The molecule has 20 heavy (non-hydrogen) atoms. The molecular formula is C15H23NO4. The Hall–Kier alpha value is -1.75. The van der Waals surface area contributed by atoms with Gasteiger partial charge in [-0.05, 0) is 30.5 Å². The Morgan fingerprint density at radius 3 is 2.45 bits per heavy atom. The Balaban J connectivity index is 2.64. The predicted octanol–water partition coefficient (Wildman–Crippen LogP) is 1.84. The fraction of sp³-hybridized carbons (Fsp3) is 0.533. The molecule has 0 aliphatic carbocycles. The number of hydrogen-bond acceptors (Lipinski definition) is 4. The molecule has 0 heterocycles. The van der Waals surface area contributed by atoms with E-state index in [0.29, 0.717) is 29.4 Å². The summed E-state index contributed by atoms with van der Waals surface area (Å²) in [6.07, 6.45) is 0.130. The first-order chi connectivity index (χ1) is 9.47. The smallest absolute Gasteiger partial charge is 0.251 e. The molecule has 0 aliphatic heterocycles. The van der Waals surface area contributed by atoms with Crippen molar-refractivity contribution in [2.24, 2.45) is 5.92 Å². The summed E-state index contributed by atoms with van der Waals surface area (Å²) in [5.74, 6) is 1.23. The van der Waals surface area contributed by atoms with Crippen molar-refractivity contribution in [1.82, 2.24) is 5.32 Å². The highest BCUT2D eigenvalue weighted by Gasteiger charge is 2.13. The largest absolute Gasteiger partial charge is 0.493 e. The van der Waals surface area contributed by atoms with E-state index in [1.807, 2.05) is 13.8 Å². The van der Waals surface area contributed by atoms with Crippen LogP contribution in [0.5, 0.6) is 11.5 Å². The molecule has 0 saturated carbocycles. The van der Waals surface area contributed by atoms with Crippen LogP contribution in [0.3, 0.4) is 0 Å². The number of rotatable bonds is 7. The van der Waals surface area contributed by atoms with Gasteiger partial charge in [0, 0.05) is 12.1 Å². The average Bonchev–Trinajstić information content (AvgIpc) is 2.43. The summed E-state index contributed by atoms with van der Waals surface area (Å²) in [5, 5.41) is 12.4. The molecule has 0 aliphatic rings. The number of carbonyl (C=O) groups excluding carboxylic acids is 1. The third-order valence-electron chi connectivity index (χ3n) is 2.89. The quantitative estimate of drug-likeness (QED) is 0.800. The fourth-order valence-electron chi connectivity index (χ4n) is 1.92. The average molecular weight is 281 g/mol. The van der Waals surface area contributed by atoms with Gasteiger partial charge in [0.15, 0.2) is 11.5 Å². The Bertz CT molecular complexity index is 445. The molecule has 5 nitrogen and oxygen atoms in total. The maximum atomic E-state index is 12.0. The number of hydrogen-bond donors (Lipinski definition) is 2. The van der Waals surface area contributed by atoms with Crippen LogP contribution in [-0.4, -0.2) is 37.9 Å². The highest BCUT2D eigenvalue weighted by molar-refractivity contribution is 5.94. The third-order valence-corrected chi connectivity index (χ3v) is 2.89. The van der Waals surface area contributed by atoms with E-state index in [9.17, 15) is 9.90 Å². The van der Waals surface area contributed by atoms with Crippen LogP contribution in [0, 0.1) is 5.92 Å². The van der Waals surface area contributed by atoms with Gasteiger partial charge in [-0.15, -0.1) is 0 Å². The monoisotopic (exact) mass is 281 g/mol. The van der Waals surface area contributed by atoms with Crippen LogP contribution in [0.15, 0.2) is 18.2 Å². The highest BCUT2D eigenvalue weighted by Crippen LogP contribution is 2.27. The number of benzene rings is 1. The van der Waals surface area contributed by atoms with Crippen molar-refractivity contribution in [3.63, 3.8) is 0 Å². The number of ether oxygens (including phenoxy) is 2. The Morgan fingerprint density at radius 1 is 1.25 bits per heavy atom. The summed E-state index contributed by atoms with van der Waals surface area (Å²) in [5.41, 5.74) is 0.472. The molecule has 1 unspecified atom stereocenters. The zero-order valence-corrected chi connectivity index (χ0v) is 12.5. The minimum Gasteiger partial charge on any atom is -0.493 e. The molecule has 1 atom stereocenters. The number of methoxy groups -OCH3 is 2. The van der Waals surface area contributed by atoms with Gasteiger partial charge in [-0.1, -0.05) is 13.8 Å². The van der Waals surface area contributed by atoms with Crippen molar-refractivity contribution in [2.75, 3.05) is 20.8 Å². The zero-order chi connectivity index (χ0) is 15.1. The van der Waals surface area contributed by atoms with Gasteiger partial charge in [-0.25, -0.2) is 0 Å². The molecule has 1 aromatic carbocycles. The summed E-state index contributed by atoms with van der Waals surface area (Å²) < 4.78 is 10.3. The second kappa shape index (κ2) is 7.75. The molecule has 5 heteroatoms. The number of amides is 1. The van der Waals surface area contributed by atoms with Gasteiger partial charge in [-0.2, -0.15) is 0 Å². The van der Waals surface area contributed by atoms with E-state index in [-0.39, 0.29) is 12.5 Å². The summed E-state index contributed by atoms with van der Waals surface area (Å²) in [7, 11) is 3.06. The molecule has 0 spiro atoms. The number of carbonyl (C=O) groups is 1. The lowest BCUT2D eigenvalue weighted by molar-refractivity contribution is 0.0900. The van der Waals surface area contributed by atoms with Gasteiger partial charge in [0.25, 0.3) is 5.91 Å². The van der Waals surface area contributed by atoms with Crippen LogP contribution >= 0.6 is 0 Å². The van der Waals surface area contributed by atoms with Crippen LogP contribution in [0.1, 0.15) is 30.6 Å². The molecule has 1 aromatic rings. The molecule has 0 radical (unpaired) electrons. The van der Waals surface area contributed by atoms with Gasteiger partial charge >= 0.3 is 0 Å². The van der Waals surface area contributed by atoms with Crippen LogP contribution < -0.4 is 14.8 Å². The van der Waals surface area contributed by atoms with E-state index in [2.05, 4.69) is 5.32 Å². The normalized spacial score (nSPS) is 12.1.